The maximum absolute atomic E-state index is 14.0. The molecular formula is C14H17BrFN3O3. The monoisotopic (exact) mass is 373 g/mol. The number of ether oxygens (including phenoxy) is 1. The van der Waals surface area contributed by atoms with Crippen LogP contribution in [0.2, 0.25) is 0 Å². The van der Waals surface area contributed by atoms with Crippen LogP contribution in [-0.4, -0.2) is 56.6 Å². The van der Waals surface area contributed by atoms with Crippen LogP contribution in [-0.2, 0) is 9.53 Å². The highest BCUT2D eigenvalue weighted by Gasteiger charge is 2.24. The van der Waals surface area contributed by atoms with E-state index in [-0.39, 0.29) is 18.1 Å². The summed E-state index contributed by atoms with van der Waals surface area (Å²) < 4.78 is 19.2. The topological polar surface area (TPSA) is 75.9 Å². The molecule has 0 unspecified atom stereocenters. The number of piperazine rings is 1. The molecule has 2 rings (SSSR count). The van der Waals surface area contributed by atoms with Crippen molar-refractivity contribution < 1.29 is 18.7 Å². The number of primary amides is 1. The molecule has 0 saturated carbocycles. The smallest absolute Gasteiger partial charge is 0.319 e. The number of amides is 1. The van der Waals surface area contributed by atoms with E-state index in [1.165, 1.54) is 13.2 Å². The number of anilines is 1. The minimum Gasteiger partial charge on any atom is -0.468 e. The predicted octanol–water partition coefficient (Wildman–Crippen LogP) is 0.982. The molecule has 1 heterocycles. The Morgan fingerprint density at radius 2 is 1.95 bits per heavy atom. The zero-order chi connectivity index (χ0) is 16.3. The average Bonchev–Trinajstić information content (AvgIpc) is 2.46. The van der Waals surface area contributed by atoms with Crippen LogP contribution in [0.15, 0.2) is 16.6 Å². The van der Waals surface area contributed by atoms with Crippen molar-refractivity contribution in [2.24, 2.45) is 5.73 Å². The molecule has 0 aromatic heterocycles. The molecule has 0 aliphatic carbocycles. The number of nitrogens with zero attached hydrogens (tertiary/aromatic N) is 2. The zero-order valence-electron chi connectivity index (χ0n) is 12.1. The Hall–Kier alpha value is -1.67. The van der Waals surface area contributed by atoms with Gasteiger partial charge in [0.1, 0.15) is 5.82 Å². The summed E-state index contributed by atoms with van der Waals surface area (Å²) >= 11 is 3.23. The van der Waals surface area contributed by atoms with Gasteiger partial charge in [0.2, 0.25) is 0 Å². The van der Waals surface area contributed by atoms with Gasteiger partial charge in [0, 0.05) is 30.7 Å². The number of halogens is 2. The molecule has 0 radical (unpaired) electrons. The van der Waals surface area contributed by atoms with Gasteiger partial charge in [0.15, 0.2) is 0 Å². The minimum atomic E-state index is -0.794. The van der Waals surface area contributed by atoms with E-state index >= 15 is 0 Å². The fourth-order valence-corrected chi connectivity index (χ4v) is 2.87. The highest BCUT2D eigenvalue weighted by Crippen LogP contribution is 2.28. The number of carbonyl (C=O) groups is 2. The summed E-state index contributed by atoms with van der Waals surface area (Å²) in [5.41, 5.74) is 5.65. The molecule has 1 fully saturated rings. The van der Waals surface area contributed by atoms with Gasteiger partial charge in [-0.3, -0.25) is 14.5 Å². The van der Waals surface area contributed by atoms with E-state index in [1.807, 2.05) is 9.80 Å². The summed E-state index contributed by atoms with van der Waals surface area (Å²) in [7, 11) is 1.35. The Bertz CT molecular complexity index is 589. The zero-order valence-corrected chi connectivity index (χ0v) is 13.7. The molecule has 1 aliphatic rings. The first-order valence-electron chi connectivity index (χ1n) is 6.75. The van der Waals surface area contributed by atoms with E-state index in [1.54, 1.807) is 6.07 Å². The van der Waals surface area contributed by atoms with Crippen LogP contribution in [0.1, 0.15) is 10.4 Å². The van der Waals surface area contributed by atoms with E-state index in [2.05, 4.69) is 20.7 Å². The molecule has 120 valence electrons. The van der Waals surface area contributed by atoms with Gasteiger partial charge in [-0.15, -0.1) is 0 Å². The van der Waals surface area contributed by atoms with E-state index in [9.17, 15) is 14.0 Å². The molecule has 2 N–H and O–H groups in total. The quantitative estimate of drug-likeness (QED) is 0.796. The van der Waals surface area contributed by atoms with Crippen molar-refractivity contribution in [1.82, 2.24) is 4.90 Å². The summed E-state index contributed by atoms with van der Waals surface area (Å²) in [6.07, 6.45) is 0. The molecule has 1 aromatic rings. The van der Waals surface area contributed by atoms with Crippen LogP contribution < -0.4 is 10.6 Å². The highest BCUT2D eigenvalue weighted by atomic mass is 79.9. The molecule has 1 amide bonds. The van der Waals surface area contributed by atoms with Crippen molar-refractivity contribution in [2.75, 3.05) is 44.7 Å². The van der Waals surface area contributed by atoms with Gasteiger partial charge in [-0.2, -0.15) is 0 Å². The standard InChI is InChI=1S/C14H17BrFN3O3/c1-22-12(20)8-18-2-4-19(5-3-18)11-7-9(15)6-10(16)13(11)14(17)21/h6-7H,2-5,8H2,1H3,(H2,17,21). The van der Waals surface area contributed by atoms with Crippen molar-refractivity contribution in [1.29, 1.82) is 0 Å². The summed E-state index contributed by atoms with van der Waals surface area (Å²) in [6.45, 7) is 2.57. The third-order valence-electron chi connectivity index (χ3n) is 3.57. The Labute approximate surface area is 136 Å². The van der Waals surface area contributed by atoms with Gasteiger partial charge >= 0.3 is 5.97 Å². The molecule has 1 aliphatic heterocycles. The van der Waals surface area contributed by atoms with Crippen LogP contribution in [0, 0.1) is 5.82 Å². The Balaban J connectivity index is 2.14. The molecule has 1 aromatic carbocycles. The molecule has 8 heteroatoms. The third kappa shape index (κ3) is 3.75. The van der Waals surface area contributed by atoms with Crippen LogP contribution in [0.5, 0.6) is 0 Å². The second kappa shape index (κ2) is 7.06. The van der Waals surface area contributed by atoms with E-state index < -0.39 is 11.7 Å². The van der Waals surface area contributed by atoms with E-state index in [4.69, 9.17) is 5.73 Å². The van der Waals surface area contributed by atoms with Gasteiger partial charge in [-0.05, 0) is 12.1 Å². The summed E-state index contributed by atoms with van der Waals surface area (Å²) in [5, 5.41) is 0. The first kappa shape index (κ1) is 16.7. The largest absolute Gasteiger partial charge is 0.468 e. The Morgan fingerprint density at radius 1 is 1.32 bits per heavy atom. The number of hydrogen-bond acceptors (Lipinski definition) is 5. The molecule has 0 bridgehead atoms. The molecule has 0 atom stereocenters. The van der Waals surface area contributed by atoms with Crippen molar-refractivity contribution in [3.63, 3.8) is 0 Å². The normalized spacial score (nSPS) is 15.7. The van der Waals surface area contributed by atoms with Gasteiger partial charge in [0.05, 0.1) is 24.9 Å². The van der Waals surface area contributed by atoms with E-state index in [0.29, 0.717) is 36.3 Å². The molecule has 6 nitrogen and oxygen atoms in total. The fourth-order valence-electron chi connectivity index (χ4n) is 2.45. The average molecular weight is 374 g/mol. The fraction of sp³-hybridized carbons (Fsp3) is 0.429. The lowest BCUT2D eigenvalue weighted by Crippen LogP contribution is -2.48. The lowest BCUT2D eigenvalue weighted by atomic mass is 10.1. The number of benzene rings is 1. The molecule has 0 spiro atoms. The van der Waals surface area contributed by atoms with Gasteiger partial charge in [-0.25, -0.2) is 4.39 Å². The molecule has 22 heavy (non-hydrogen) atoms. The number of methoxy groups -OCH3 is 1. The predicted molar refractivity (Wildman–Crippen MR) is 83.3 cm³/mol. The maximum Gasteiger partial charge on any atom is 0.319 e. The van der Waals surface area contributed by atoms with Crippen LogP contribution >= 0.6 is 15.9 Å². The van der Waals surface area contributed by atoms with Crippen molar-refractivity contribution in [3.05, 3.63) is 28.0 Å². The Kier molecular flexibility index (Phi) is 5.36. The van der Waals surface area contributed by atoms with Crippen LogP contribution in [0.3, 0.4) is 0 Å². The van der Waals surface area contributed by atoms with Crippen molar-refractivity contribution >= 4 is 33.5 Å². The number of hydrogen-bond donors (Lipinski definition) is 1. The first-order valence-corrected chi connectivity index (χ1v) is 7.54. The van der Waals surface area contributed by atoms with Crippen molar-refractivity contribution in [2.45, 2.75) is 0 Å². The minimum absolute atomic E-state index is 0.107. The van der Waals surface area contributed by atoms with Gasteiger partial charge in [0.25, 0.3) is 5.91 Å². The molecule has 1 saturated heterocycles. The third-order valence-corrected chi connectivity index (χ3v) is 4.03. The van der Waals surface area contributed by atoms with E-state index in [0.717, 1.165) is 0 Å². The first-order chi connectivity index (χ1) is 10.4. The highest BCUT2D eigenvalue weighted by molar-refractivity contribution is 9.10. The Morgan fingerprint density at radius 3 is 2.50 bits per heavy atom. The number of carbonyl (C=O) groups excluding carboxylic acids is 2. The summed E-state index contributed by atoms with van der Waals surface area (Å²) in [5.74, 6) is -1.73. The van der Waals surface area contributed by atoms with Gasteiger partial charge < -0.3 is 15.4 Å². The van der Waals surface area contributed by atoms with Gasteiger partial charge in [-0.1, -0.05) is 15.9 Å². The van der Waals surface area contributed by atoms with Crippen LogP contribution in [0.25, 0.3) is 0 Å². The maximum atomic E-state index is 14.0. The number of esters is 1. The summed E-state index contributed by atoms with van der Waals surface area (Å²) in [4.78, 5) is 26.6. The number of rotatable bonds is 4. The lowest BCUT2D eigenvalue weighted by molar-refractivity contribution is -0.142. The lowest BCUT2D eigenvalue weighted by Gasteiger charge is -2.36. The van der Waals surface area contributed by atoms with Crippen molar-refractivity contribution in [3.8, 4) is 0 Å². The second-order valence-corrected chi connectivity index (χ2v) is 5.90. The summed E-state index contributed by atoms with van der Waals surface area (Å²) in [6, 6.07) is 2.90. The van der Waals surface area contributed by atoms with Crippen LogP contribution in [0.4, 0.5) is 10.1 Å². The SMILES string of the molecule is COC(=O)CN1CCN(c2cc(Br)cc(F)c2C(N)=O)CC1. The second-order valence-electron chi connectivity index (χ2n) is 4.99. The number of nitrogens with two attached hydrogens (primary N) is 1. The molecular weight excluding hydrogens is 357 g/mol.